The molecule has 0 saturated heterocycles. The van der Waals surface area contributed by atoms with Gasteiger partial charge < -0.3 is 14.6 Å². The number of hydrogen-bond donors (Lipinski definition) is 1. The molecule has 4 rings (SSSR count). The van der Waals surface area contributed by atoms with Gasteiger partial charge in [0.15, 0.2) is 11.5 Å². The van der Waals surface area contributed by atoms with Crippen molar-refractivity contribution >= 4 is 15.9 Å². The molecule has 4 unspecified atom stereocenters. The van der Waals surface area contributed by atoms with Crippen LogP contribution in [0.2, 0.25) is 0 Å². The standard InChI is InChI=1S/C16H19BrO3/c17-13-8-15-14(19-3-4-20-15)7-12(13)16(18)11-6-9-1-2-10(11)5-9/h7-11,16,18H,1-6H2. The monoisotopic (exact) mass is 338 g/mol. The van der Waals surface area contributed by atoms with E-state index in [9.17, 15) is 5.11 Å². The third-order valence-corrected chi connectivity index (χ3v) is 5.87. The molecule has 2 fully saturated rings. The third-order valence-electron chi connectivity index (χ3n) is 5.18. The Morgan fingerprint density at radius 3 is 2.50 bits per heavy atom. The fourth-order valence-electron chi connectivity index (χ4n) is 4.22. The predicted octanol–water partition coefficient (Wildman–Crippen LogP) is 3.69. The van der Waals surface area contributed by atoms with Crippen molar-refractivity contribution in [2.75, 3.05) is 13.2 Å². The van der Waals surface area contributed by atoms with Crippen LogP contribution in [0.1, 0.15) is 37.4 Å². The Morgan fingerprint density at radius 1 is 1.10 bits per heavy atom. The van der Waals surface area contributed by atoms with Crippen molar-refractivity contribution in [2.24, 2.45) is 17.8 Å². The molecule has 4 atom stereocenters. The van der Waals surface area contributed by atoms with Crippen molar-refractivity contribution < 1.29 is 14.6 Å². The molecular weight excluding hydrogens is 320 g/mol. The Balaban J connectivity index is 1.64. The van der Waals surface area contributed by atoms with Crippen LogP contribution in [0, 0.1) is 17.8 Å². The van der Waals surface area contributed by atoms with E-state index in [0.717, 1.165) is 27.5 Å². The quantitative estimate of drug-likeness (QED) is 0.893. The summed E-state index contributed by atoms with van der Waals surface area (Å²) in [5.41, 5.74) is 0.951. The number of aliphatic hydroxyl groups is 1. The molecule has 0 spiro atoms. The fraction of sp³-hybridized carbons (Fsp3) is 0.625. The van der Waals surface area contributed by atoms with Crippen molar-refractivity contribution in [1.29, 1.82) is 0 Å². The minimum Gasteiger partial charge on any atom is -0.486 e. The highest BCUT2D eigenvalue weighted by Gasteiger charge is 2.43. The molecule has 1 aromatic carbocycles. The second kappa shape index (κ2) is 4.92. The lowest BCUT2D eigenvalue weighted by molar-refractivity contribution is 0.0732. The molecule has 0 aromatic heterocycles. The first-order valence-corrected chi connectivity index (χ1v) is 8.29. The molecule has 1 aliphatic heterocycles. The molecule has 2 saturated carbocycles. The number of ether oxygens (including phenoxy) is 2. The normalized spacial score (nSPS) is 32.4. The summed E-state index contributed by atoms with van der Waals surface area (Å²) in [5, 5.41) is 10.8. The molecule has 108 valence electrons. The molecule has 0 radical (unpaired) electrons. The average molecular weight is 339 g/mol. The highest BCUT2D eigenvalue weighted by atomic mass is 79.9. The van der Waals surface area contributed by atoms with Crippen LogP contribution >= 0.6 is 15.9 Å². The Morgan fingerprint density at radius 2 is 1.85 bits per heavy atom. The number of fused-ring (bicyclic) bond motifs is 3. The fourth-order valence-corrected chi connectivity index (χ4v) is 4.77. The zero-order valence-electron chi connectivity index (χ0n) is 11.3. The summed E-state index contributed by atoms with van der Waals surface area (Å²) in [6, 6.07) is 3.88. The smallest absolute Gasteiger partial charge is 0.162 e. The van der Waals surface area contributed by atoms with Crippen LogP contribution in [0.5, 0.6) is 11.5 Å². The maximum atomic E-state index is 10.8. The summed E-state index contributed by atoms with van der Waals surface area (Å²) in [4.78, 5) is 0. The molecule has 1 aromatic rings. The largest absolute Gasteiger partial charge is 0.486 e. The maximum Gasteiger partial charge on any atom is 0.162 e. The minimum atomic E-state index is -0.393. The van der Waals surface area contributed by atoms with E-state index in [2.05, 4.69) is 15.9 Å². The molecule has 3 nitrogen and oxygen atoms in total. The Hall–Kier alpha value is -0.740. The average Bonchev–Trinajstić information content (AvgIpc) is 3.08. The summed E-state index contributed by atoms with van der Waals surface area (Å²) >= 11 is 3.58. The van der Waals surface area contributed by atoms with Crippen LogP contribution in [-0.4, -0.2) is 18.3 Å². The van der Waals surface area contributed by atoms with Gasteiger partial charge in [-0.05, 0) is 54.7 Å². The topological polar surface area (TPSA) is 38.7 Å². The second-order valence-electron chi connectivity index (χ2n) is 6.30. The van der Waals surface area contributed by atoms with E-state index in [1.54, 1.807) is 0 Å². The van der Waals surface area contributed by atoms with Gasteiger partial charge in [0, 0.05) is 4.47 Å². The van der Waals surface area contributed by atoms with Crippen LogP contribution in [-0.2, 0) is 0 Å². The molecular formula is C16H19BrO3. The Labute approximate surface area is 127 Å². The van der Waals surface area contributed by atoms with Crippen LogP contribution in [0.25, 0.3) is 0 Å². The summed E-state index contributed by atoms with van der Waals surface area (Å²) in [5.74, 6) is 3.49. The molecule has 0 amide bonds. The minimum absolute atomic E-state index is 0.393. The molecule has 20 heavy (non-hydrogen) atoms. The first-order valence-electron chi connectivity index (χ1n) is 7.49. The highest BCUT2D eigenvalue weighted by Crippen LogP contribution is 2.53. The van der Waals surface area contributed by atoms with Gasteiger partial charge in [0.2, 0.25) is 0 Å². The first-order chi connectivity index (χ1) is 9.72. The Bertz CT molecular complexity index is 531. The van der Waals surface area contributed by atoms with Crippen LogP contribution in [0.3, 0.4) is 0 Å². The van der Waals surface area contributed by atoms with E-state index in [1.165, 1.54) is 25.7 Å². The molecule has 2 bridgehead atoms. The van der Waals surface area contributed by atoms with Crippen LogP contribution in [0.15, 0.2) is 16.6 Å². The Kier molecular flexibility index (Phi) is 3.19. The van der Waals surface area contributed by atoms with Crippen molar-refractivity contribution in [3.8, 4) is 11.5 Å². The molecule has 3 aliphatic rings. The van der Waals surface area contributed by atoms with Crippen LogP contribution < -0.4 is 9.47 Å². The number of rotatable bonds is 2. The summed E-state index contributed by atoms with van der Waals surface area (Å²) in [7, 11) is 0. The van der Waals surface area contributed by atoms with E-state index < -0.39 is 6.10 Å². The van der Waals surface area contributed by atoms with E-state index in [-0.39, 0.29) is 0 Å². The van der Waals surface area contributed by atoms with Gasteiger partial charge >= 0.3 is 0 Å². The summed E-state index contributed by atoms with van der Waals surface area (Å²) in [6.07, 6.45) is 4.73. The van der Waals surface area contributed by atoms with Gasteiger partial charge in [-0.3, -0.25) is 0 Å². The van der Waals surface area contributed by atoms with Gasteiger partial charge in [-0.15, -0.1) is 0 Å². The number of halogens is 1. The van der Waals surface area contributed by atoms with Gasteiger partial charge in [0.05, 0.1) is 6.10 Å². The van der Waals surface area contributed by atoms with Gasteiger partial charge in [-0.1, -0.05) is 22.4 Å². The number of benzene rings is 1. The zero-order chi connectivity index (χ0) is 13.7. The van der Waals surface area contributed by atoms with E-state index in [4.69, 9.17) is 9.47 Å². The van der Waals surface area contributed by atoms with Crippen molar-refractivity contribution in [3.05, 3.63) is 22.2 Å². The predicted molar refractivity (Wildman–Crippen MR) is 79.0 cm³/mol. The van der Waals surface area contributed by atoms with Crippen molar-refractivity contribution in [2.45, 2.75) is 31.8 Å². The molecule has 1 heterocycles. The van der Waals surface area contributed by atoms with Gasteiger partial charge in [-0.25, -0.2) is 0 Å². The lowest BCUT2D eigenvalue weighted by atomic mass is 9.82. The molecule has 4 heteroatoms. The summed E-state index contributed by atoms with van der Waals surface area (Å²) < 4.78 is 12.1. The third kappa shape index (κ3) is 2.04. The molecule has 2 aliphatic carbocycles. The van der Waals surface area contributed by atoms with Crippen molar-refractivity contribution in [1.82, 2.24) is 0 Å². The lowest BCUT2D eigenvalue weighted by Gasteiger charge is -2.29. The number of hydrogen-bond acceptors (Lipinski definition) is 3. The number of aliphatic hydroxyl groups excluding tert-OH is 1. The van der Waals surface area contributed by atoms with E-state index >= 15 is 0 Å². The van der Waals surface area contributed by atoms with Gasteiger partial charge in [0.1, 0.15) is 13.2 Å². The SMILES string of the molecule is OC(c1cc2c(cc1Br)OCCO2)C1CC2CCC1C2. The van der Waals surface area contributed by atoms with Gasteiger partial charge in [-0.2, -0.15) is 0 Å². The highest BCUT2D eigenvalue weighted by molar-refractivity contribution is 9.10. The zero-order valence-corrected chi connectivity index (χ0v) is 12.9. The second-order valence-corrected chi connectivity index (χ2v) is 7.16. The molecule has 1 N–H and O–H groups in total. The first kappa shape index (κ1) is 13.0. The van der Waals surface area contributed by atoms with Gasteiger partial charge in [0.25, 0.3) is 0 Å². The maximum absolute atomic E-state index is 10.8. The van der Waals surface area contributed by atoms with E-state index in [0.29, 0.717) is 25.0 Å². The summed E-state index contributed by atoms with van der Waals surface area (Å²) in [6.45, 7) is 1.17. The van der Waals surface area contributed by atoms with E-state index in [1.807, 2.05) is 12.1 Å². The van der Waals surface area contributed by atoms with Crippen molar-refractivity contribution in [3.63, 3.8) is 0 Å². The van der Waals surface area contributed by atoms with Crippen LogP contribution in [0.4, 0.5) is 0 Å². The lowest BCUT2D eigenvalue weighted by Crippen LogP contribution is -2.20.